The number of carbonyl (C=O) groups is 1. The van der Waals surface area contributed by atoms with Crippen LogP contribution in [-0.2, 0) is 6.54 Å². The van der Waals surface area contributed by atoms with Gasteiger partial charge in [0.25, 0.3) is 5.91 Å². The summed E-state index contributed by atoms with van der Waals surface area (Å²) in [4.78, 5) is 18.2. The van der Waals surface area contributed by atoms with Crippen molar-refractivity contribution < 1.29 is 14.3 Å². The predicted octanol–water partition coefficient (Wildman–Crippen LogP) is 4.35. The molecular formula is C22H20N4O3S. The number of carbonyl (C=O) groups excluding carboxylic acids is 1. The van der Waals surface area contributed by atoms with Crippen LogP contribution in [0.3, 0.4) is 0 Å². The average molecular weight is 420 g/mol. The molecule has 0 atom stereocenters. The van der Waals surface area contributed by atoms with E-state index in [1.165, 1.54) is 16.0 Å². The van der Waals surface area contributed by atoms with Crippen LogP contribution in [0.5, 0.6) is 11.5 Å². The molecule has 2 aromatic heterocycles. The minimum atomic E-state index is -0.314. The van der Waals surface area contributed by atoms with Crippen LogP contribution in [0.15, 0.2) is 72.1 Å². The van der Waals surface area contributed by atoms with Crippen LogP contribution in [0.25, 0.3) is 10.7 Å². The Morgan fingerprint density at radius 1 is 1.03 bits per heavy atom. The third kappa shape index (κ3) is 4.66. The van der Waals surface area contributed by atoms with Crippen LogP contribution in [0.4, 0.5) is 5.95 Å². The number of hydrogen-bond donors (Lipinski definition) is 1. The van der Waals surface area contributed by atoms with Crippen molar-refractivity contribution in [2.75, 3.05) is 19.0 Å². The smallest absolute Gasteiger partial charge is 0.287 e. The normalized spacial score (nSPS) is 10.6. The Bertz CT molecular complexity index is 1090. The maximum atomic E-state index is 12.8. The summed E-state index contributed by atoms with van der Waals surface area (Å²) >= 11 is 1.52. The molecular weight excluding hydrogens is 400 g/mol. The fourth-order valence-electron chi connectivity index (χ4n) is 2.76. The highest BCUT2D eigenvalue weighted by Gasteiger charge is 2.18. The summed E-state index contributed by atoms with van der Waals surface area (Å²) in [6, 6.07) is 20.7. The highest BCUT2D eigenvalue weighted by atomic mass is 32.1. The zero-order valence-electron chi connectivity index (χ0n) is 16.3. The lowest BCUT2D eigenvalue weighted by molar-refractivity contribution is 0.0824. The molecule has 0 saturated heterocycles. The van der Waals surface area contributed by atoms with Gasteiger partial charge in [0, 0.05) is 6.54 Å². The maximum absolute atomic E-state index is 12.8. The van der Waals surface area contributed by atoms with Crippen molar-refractivity contribution in [2.45, 2.75) is 6.54 Å². The van der Waals surface area contributed by atoms with Gasteiger partial charge in [-0.15, -0.1) is 16.4 Å². The topological polar surface area (TPSA) is 78.3 Å². The Morgan fingerprint density at radius 3 is 2.53 bits per heavy atom. The van der Waals surface area contributed by atoms with Crippen molar-refractivity contribution >= 4 is 23.2 Å². The van der Waals surface area contributed by atoms with Gasteiger partial charge in [0.2, 0.25) is 5.95 Å². The molecule has 4 rings (SSSR count). The number of anilines is 1. The zero-order chi connectivity index (χ0) is 20.8. The van der Waals surface area contributed by atoms with Gasteiger partial charge >= 0.3 is 0 Å². The standard InChI is InChI=1S/C22H20N4O3S/c1-28-17-11-9-16(10-12-17)14-23-22-24-21(19-8-5-13-30-19)25-26(22)20(27)15-29-18-6-3-2-4-7-18/h2-13H,14-15H2,1H3,(H,23,24,25). The molecule has 8 heteroatoms. The third-order valence-electron chi connectivity index (χ3n) is 4.30. The van der Waals surface area contributed by atoms with Crippen molar-refractivity contribution in [3.05, 3.63) is 77.7 Å². The Kier molecular flexibility index (Phi) is 6.05. The molecule has 2 heterocycles. The Hall–Kier alpha value is -3.65. The van der Waals surface area contributed by atoms with Crippen LogP contribution in [0.1, 0.15) is 10.4 Å². The molecule has 0 bridgehead atoms. The van der Waals surface area contributed by atoms with Crippen molar-refractivity contribution in [1.29, 1.82) is 0 Å². The molecule has 0 radical (unpaired) electrons. The van der Waals surface area contributed by atoms with Gasteiger partial charge in [-0.1, -0.05) is 36.4 Å². The van der Waals surface area contributed by atoms with Crippen molar-refractivity contribution in [3.8, 4) is 22.2 Å². The minimum absolute atomic E-state index is 0.144. The highest BCUT2D eigenvalue weighted by Crippen LogP contribution is 2.23. The lowest BCUT2D eigenvalue weighted by Crippen LogP contribution is -2.22. The van der Waals surface area contributed by atoms with E-state index in [1.54, 1.807) is 19.2 Å². The summed E-state index contributed by atoms with van der Waals surface area (Å²) in [5.74, 6) is 1.96. The number of aromatic nitrogens is 3. The van der Waals surface area contributed by atoms with Gasteiger partial charge in [-0.3, -0.25) is 4.79 Å². The van der Waals surface area contributed by atoms with E-state index in [0.29, 0.717) is 24.1 Å². The third-order valence-corrected chi connectivity index (χ3v) is 5.17. The number of nitrogens with one attached hydrogen (secondary N) is 1. The predicted molar refractivity (Wildman–Crippen MR) is 116 cm³/mol. The molecule has 1 N–H and O–H groups in total. The molecule has 0 spiro atoms. The summed E-state index contributed by atoms with van der Waals surface area (Å²) in [6.07, 6.45) is 0. The van der Waals surface area contributed by atoms with Gasteiger partial charge in [-0.05, 0) is 41.3 Å². The molecule has 4 aromatic rings. The summed E-state index contributed by atoms with van der Waals surface area (Å²) in [5, 5.41) is 9.56. The first kappa shape index (κ1) is 19.7. The molecule has 0 aliphatic heterocycles. The first-order chi connectivity index (χ1) is 14.7. The first-order valence-corrected chi connectivity index (χ1v) is 10.2. The molecule has 152 valence electrons. The molecule has 0 unspecified atom stereocenters. The minimum Gasteiger partial charge on any atom is -0.497 e. The largest absolute Gasteiger partial charge is 0.497 e. The molecule has 30 heavy (non-hydrogen) atoms. The number of thiophene rings is 1. The molecule has 0 aliphatic rings. The van der Waals surface area contributed by atoms with Crippen LogP contribution in [0, 0.1) is 0 Å². The van der Waals surface area contributed by atoms with Crippen LogP contribution in [0.2, 0.25) is 0 Å². The SMILES string of the molecule is COc1ccc(CNc2nc(-c3cccs3)nn2C(=O)COc2ccccc2)cc1. The quantitative estimate of drug-likeness (QED) is 0.457. The second-order valence-corrected chi connectivity index (χ2v) is 7.29. The number of ether oxygens (including phenoxy) is 2. The van der Waals surface area contributed by atoms with Gasteiger partial charge in [0.1, 0.15) is 11.5 Å². The lowest BCUT2D eigenvalue weighted by atomic mass is 10.2. The highest BCUT2D eigenvalue weighted by molar-refractivity contribution is 7.13. The van der Waals surface area contributed by atoms with E-state index in [2.05, 4.69) is 15.4 Å². The number of nitrogens with zero attached hydrogens (tertiary/aromatic N) is 3. The van der Waals surface area contributed by atoms with Crippen LogP contribution < -0.4 is 14.8 Å². The Labute approximate surface area is 177 Å². The Morgan fingerprint density at radius 2 is 1.83 bits per heavy atom. The second kappa shape index (κ2) is 9.23. The molecule has 7 nitrogen and oxygen atoms in total. The second-order valence-electron chi connectivity index (χ2n) is 6.35. The first-order valence-electron chi connectivity index (χ1n) is 9.32. The van der Waals surface area contributed by atoms with Gasteiger partial charge in [-0.2, -0.15) is 9.67 Å². The van der Waals surface area contributed by atoms with Gasteiger partial charge < -0.3 is 14.8 Å². The van der Waals surface area contributed by atoms with E-state index >= 15 is 0 Å². The number of rotatable bonds is 8. The molecule has 0 fully saturated rings. The van der Waals surface area contributed by atoms with E-state index in [1.807, 2.05) is 60.0 Å². The van der Waals surface area contributed by atoms with Gasteiger partial charge in [0.15, 0.2) is 12.4 Å². The molecule has 0 aliphatic carbocycles. The molecule has 0 saturated carbocycles. The number of para-hydroxylation sites is 1. The van der Waals surface area contributed by atoms with Gasteiger partial charge in [-0.25, -0.2) is 0 Å². The van der Waals surface area contributed by atoms with E-state index in [-0.39, 0.29) is 12.5 Å². The monoisotopic (exact) mass is 420 g/mol. The van der Waals surface area contributed by atoms with E-state index in [9.17, 15) is 4.79 Å². The summed E-state index contributed by atoms with van der Waals surface area (Å²) in [7, 11) is 1.63. The van der Waals surface area contributed by atoms with Crippen LogP contribution >= 0.6 is 11.3 Å². The Balaban J connectivity index is 1.52. The lowest BCUT2D eigenvalue weighted by Gasteiger charge is -2.09. The average Bonchev–Trinajstić information content (AvgIpc) is 3.47. The summed E-state index contributed by atoms with van der Waals surface area (Å²) in [5.41, 5.74) is 1.02. The van der Waals surface area contributed by atoms with Crippen LogP contribution in [-0.4, -0.2) is 34.4 Å². The summed E-state index contributed by atoms with van der Waals surface area (Å²) in [6.45, 7) is 0.341. The number of methoxy groups -OCH3 is 1. The van der Waals surface area contributed by atoms with Crippen molar-refractivity contribution in [1.82, 2.24) is 14.8 Å². The molecule has 0 amide bonds. The number of benzene rings is 2. The van der Waals surface area contributed by atoms with Crippen molar-refractivity contribution in [3.63, 3.8) is 0 Å². The van der Waals surface area contributed by atoms with E-state index in [4.69, 9.17) is 9.47 Å². The fourth-order valence-corrected chi connectivity index (χ4v) is 3.41. The summed E-state index contributed by atoms with van der Waals surface area (Å²) < 4.78 is 12.0. The van der Waals surface area contributed by atoms with Crippen molar-refractivity contribution in [2.24, 2.45) is 0 Å². The fraction of sp³-hybridized carbons (Fsp3) is 0.136. The maximum Gasteiger partial charge on any atom is 0.287 e. The molecule has 2 aromatic carbocycles. The number of hydrogen-bond acceptors (Lipinski definition) is 7. The van der Waals surface area contributed by atoms with E-state index < -0.39 is 0 Å². The van der Waals surface area contributed by atoms with Gasteiger partial charge in [0.05, 0.1) is 12.0 Å². The zero-order valence-corrected chi connectivity index (χ0v) is 17.1. The van der Waals surface area contributed by atoms with E-state index in [0.717, 1.165) is 16.2 Å².